The van der Waals surface area contributed by atoms with Crippen molar-refractivity contribution in [1.82, 2.24) is 9.47 Å². The molecular weight excluding hydrogens is 513 g/mol. The lowest BCUT2D eigenvalue weighted by molar-refractivity contribution is -0.671. The highest BCUT2D eigenvalue weighted by atomic mass is 127. The third-order valence-electron chi connectivity index (χ3n) is 6.09. The van der Waals surface area contributed by atoms with E-state index < -0.39 is 18.0 Å². The van der Waals surface area contributed by atoms with E-state index in [1.807, 2.05) is 55.5 Å². The molecule has 0 radical (unpaired) electrons. The highest BCUT2D eigenvalue weighted by molar-refractivity contribution is 14.1. The number of carboxylic acid groups (broad SMARTS) is 1. The molecule has 4 rings (SSSR count). The lowest BCUT2D eigenvalue weighted by atomic mass is 9.78. The topological polar surface area (TPSA) is 95.9 Å². The van der Waals surface area contributed by atoms with Crippen LogP contribution in [0.1, 0.15) is 19.4 Å². The van der Waals surface area contributed by atoms with Gasteiger partial charge in [-0.2, -0.15) is 0 Å². The summed E-state index contributed by atoms with van der Waals surface area (Å²) in [5.74, 6) is -1.59. The Hall–Kier alpha value is -2.40. The summed E-state index contributed by atoms with van der Waals surface area (Å²) in [5, 5.41) is 19.7. The van der Waals surface area contributed by atoms with Gasteiger partial charge in [0.05, 0.1) is 28.7 Å². The molecule has 4 unspecified atom stereocenters. The zero-order chi connectivity index (χ0) is 22.4. The molecule has 0 spiro atoms. The summed E-state index contributed by atoms with van der Waals surface area (Å²) in [5.41, 5.74) is 1.63. The number of carbonyl (C=O) groups excluding carboxylic acids is 1. The van der Waals surface area contributed by atoms with E-state index in [1.54, 1.807) is 6.92 Å². The molecule has 9 heteroatoms. The number of fused-ring (bicyclic) bond motifs is 1. The van der Waals surface area contributed by atoms with E-state index in [-0.39, 0.29) is 30.2 Å². The number of halogens is 1. The minimum atomic E-state index is -1.14. The molecule has 0 saturated carbocycles. The number of carboxylic acids is 1. The van der Waals surface area contributed by atoms with Gasteiger partial charge in [0.15, 0.2) is 0 Å². The first-order valence-electron chi connectivity index (χ1n) is 10.1. The van der Waals surface area contributed by atoms with Gasteiger partial charge in [-0.05, 0) is 47.2 Å². The summed E-state index contributed by atoms with van der Waals surface area (Å²) in [6.07, 6.45) is 5.13. The predicted octanol–water partition coefficient (Wildman–Crippen LogP) is 1.54. The second-order valence-electron chi connectivity index (χ2n) is 8.24. The third-order valence-corrected chi connectivity index (χ3v) is 6.98. The molecule has 0 bridgehead atoms. The first-order chi connectivity index (χ1) is 14.7. The molecule has 1 saturated heterocycles. The number of amides is 1. The Kier molecular flexibility index (Phi) is 5.82. The summed E-state index contributed by atoms with van der Waals surface area (Å²) in [7, 11) is 1.96. The summed E-state index contributed by atoms with van der Waals surface area (Å²) < 4.78 is 11.0. The third kappa shape index (κ3) is 3.84. The summed E-state index contributed by atoms with van der Waals surface area (Å²) in [4.78, 5) is 25.7. The molecule has 2 aliphatic heterocycles. The number of hydrogen-bond acceptors (Lipinski definition) is 4. The van der Waals surface area contributed by atoms with Crippen LogP contribution < -0.4 is 9.30 Å². The molecule has 1 amide bonds. The van der Waals surface area contributed by atoms with Gasteiger partial charge in [-0.25, -0.2) is 13.9 Å². The second kappa shape index (κ2) is 8.27. The first-order valence-corrected chi connectivity index (χ1v) is 11.2. The van der Waals surface area contributed by atoms with E-state index in [0.717, 1.165) is 9.13 Å². The second-order valence-corrected chi connectivity index (χ2v) is 9.40. The zero-order valence-electron chi connectivity index (χ0n) is 17.5. The number of hydrogen-bond donors (Lipinski definition) is 2. The lowest BCUT2D eigenvalue weighted by Crippen LogP contribution is -2.63. The Morgan fingerprint density at radius 3 is 2.74 bits per heavy atom. The van der Waals surface area contributed by atoms with E-state index in [9.17, 15) is 19.8 Å². The van der Waals surface area contributed by atoms with Gasteiger partial charge in [-0.3, -0.25) is 4.79 Å². The zero-order valence-corrected chi connectivity index (χ0v) is 19.7. The molecule has 1 aromatic heterocycles. The van der Waals surface area contributed by atoms with Crippen LogP contribution in [0.25, 0.3) is 0 Å². The normalized spacial score (nSPS) is 23.6. The maximum atomic E-state index is 12.5. The van der Waals surface area contributed by atoms with E-state index in [1.165, 1.54) is 4.90 Å². The maximum Gasteiger partial charge on any atom is 0.352 e. The minimum Gasteiger partial charge on any atom is -0.488 e. The number of aliphatic carboxylic acids is 1. The maximum absolute atomic E-state index is 12.5. The SMILES string of the molecule is CC(O)C1C(=O)N2C(C(=O)O)=C(COc3cc(Cn4cc[n+](C)c4)ccc3I)C(C)C12. The van der Waals surface area contributed by atoms with Crippen molar-refractivity contribution >= 4 is 34.5 Å². The highest BCUT2D eigenvalue weighted by Crippen LogP contribution is 2.47. The average molecular weight is 538 g/mol. The molecule has 3 heterocycles. The number of aliphatic hydroxyl groups excluding tert-OH is 1. The standard InChI is InChI=1S/C22H24IN3O5/c1-12-15(20(22(29)30)26-19(12)18(13(2)27)21(26)28)10-31-17-8-14(4-5-16(17)23)9-25-7-6-24(3)11-25/h4-8,11-13,18-19,27H,9-10H2,1-3H3/p+1. The molecule has 8 nitrogen and oxygen atoms in total. The fraction of sp³-hybridized carbons (Fsp3) is 0.409. The highest BCUT2D eigenvalue weighted by Gasteiger charge is 2.59. The van der Waals surface area contributed by atoms with Gasteiger partial charge in [0.25, 0.3) is 0 Å². The van der Waals surface area contributed by atoms with Crippen LogP contribution in [0.15, 0.2) is 48.2 Å². The lowest BCUT2D eigenvalue weighted by Gasteiger charge is -2.46. The quantitative estimate of drug-likeness (QED) is 0.317. The molecule has 2 aromatic rings. The van der Waals surface area contributed by atoms with Crippen LogP contribution in [-0.2, 0) is 23.2 Å². The van der Waals surface area contributed by atoms with Gasteiger partial charge in [0.1, 0.15) is 37.0 Å². The molecule has 164 valence electrons. The van der Waals surface area contributed by atoms with Crippen LogP contribution in [0.4, 0.5) is 0 Å². The van der Waals surface area contributed by atoms with Gasteiger partial charge >= 0.3 is 5.97 Å². The van der Waals surface area contributed by atoms with Crippen LogP contribution in [0.2, 0.25) is 0 Å². The van der Waals surface area contributed by atoms with Crippen LogP contribution in [0.5, 0.6) is 5.75 Å². The summed E-state index contributed by atoms with van der Waals surface area (Å²) in [6, 6.07) is 5.63. The van der Waals surface area contributed by atoms with Crippen molar-refractivity contribution < 1.29 is 29.1 Å². The van der Waals surface area contributed by atoms with E-state index in [4.69, 9.17) is 4.74 Å². The Bertz CT molecular complexity index is 1080. The van der Waals surface area contributed by atoms with Crippen molar-refractivity contribution in [1.29, 1.82) is 0 Å². The number of imidazole rings is 1. The average Bonchev–Trinajstić information content (AvgIpc) is 3.20. The van der Waals surface area contributed by atoms with Gasteiger partial charge in [-0.15, -0.1) is 0 Å². The number of aromatic nitrogens is 2. The summed E-state index contributed by atoms with van der Waals surface area (Å²) >= 11 is 2.19. The number of carbonyl (C=O) groups is 2. The van der Waals surface area contributed by atoms with Crippen molar-refractivity contribution in [3.05, 3.63) is 57.3 Å². The first kappa shape index (κ1) is 21.8. The Labute approximate surface area is 193 Å². The molecule has 1 fully saturated rings. The van der Waals surface area contributed by atoms with Gasteiger partial charge < -0.3 is 19.8 Å². The molecule has 4 atom stereocenters. The number of β-lactam (4-membered cyclic amide) rings is 1. The Morgan fingerprint density at radius 2 is 2.13 bits per heavy atom. The van der Waals surface area contributed by atoms with Crippen LogP contribution in [0.3, 0.4) is 0 Å². The number of ether oxygens (including phenoxy) is 1. The molecule has 2 N–H and O–H groups in total. The van der Waals surface area contributed by atoms with Gasteiger partial charge in [0.2, 0.25) is 12.2 Å². The molecule has 2 aliphatic rings. The van der Waals surface area contributed by atoms with Gasteiger partial charge in [0, 0.05) is 11.5 Å². The monoisotopic (exact) mass is 538 g/mol. The minimum absolute atomic E-state index is 0.00889. The van der Waals surface area contributed by atoms with Crippen LogP contribution in [-0.4, -0.2) is 50.3 Å². The Balaban J connectivity index is 1.55. The number of aryl methyl sites for hydroxylation is 1. The number of benzene rings is 1. The summed E-state index contributed by atoms with van der Waals surface area (Å²) in [6.45, 7) is 4.23. The number of aliphatic hydroxyl groups is 1. The van der Waals surface area contributed by atoms with Crippen LogP contribution >= 0.6 is 22.6 Å². The largest absolute Gasteiger partial charge is 0.488 e. The van der Waals surface area contributed by atoms with E-state index in [0.29, 0.717) is 17.9 Å². The fourth-order valence-corrected chi connectivity index (χ4v) is 5.04. The molecular formula is C22H25IN3O5+. The van der Waals surface area contributed by atoms with Crippen molar-refractivity contribution in [2.75, 3.05) is 6.61 Å². The van der Waals surface area contributed by atoms with Crippen molar-refractivity contribution in [3.8, 4) is 5.75 Å². The van der Waals surface area contributed by atoms with Crippen LogP contribution in [0, 0.1) is 15.4 Å². The molecule has 0 aliphatic carbocycles. The predicted molar refractivity (Wildman–Crippen MR) is 119 cm³/mol. The Morgan fingerprint density at radius 1 is 1.39 bits per heavy atom. The number of rotatable bonds is 7. The van der Waals surface area contributed by atoms with E-state index in [2.05, 4.69) is 27.2 Å². The smallest absolute Gasteiger partial charge is 0.352 e. The van der Waals surface area contributed by atoms with Crippen molar-refractivity contribution in [3.63, 3.8) is 0 Å². The molecule has 1 aromatic carbocycles. The van der Waals surface area contributed by atoms with Gasteiger partial charge in [-0.1, -0.05) is 13.0 Å². The fourth-order valence-electron chi connectivity index (χ4n) is 4.55. The van der Waals surface area contributed by atoms with Crippen molar-refractivity contribution in [2.24, 2.45) is 18.9 Å². The van der Waals surface area contributed by atoms with E-state index >= 15 is 0 Å². The molecule has 31 heavy (non-hydrogen) atoms. The number of nitrogens with zero attached hydrogens (tertiary/aromatic N) is 3. The van der Waals surface area contributed by atoms with Crippen molar-refractivity contribution in [2.45, 2.75) is 32.5 Å².